The Morgan fingerprint density at radius 2 is 2.20 bits per heavy atom. The second kappa shape index (κ2) is 7.09. The number of carboxylic acids is 1. The highest BCUT2D eigenvalue weighted by atomic mass is 19.1. The van der Waals surface area contributed by atoms with E-state index in [1.807, 2.05) is 0 Å². The van der Waals surface area contributed by atoms with Crippen LogP contribution in [0.5, 0.6) is 0 Å². The van der Waals surface area contributed by atoms with Gasteiger partial charge in [-0.05, 0) is 24.6 Å². The van der Waals surface area contributed by atoms with Gasteiger partial charge in [0, 0.05) is 6.54 Å². The second-order valence-corrected chi connectivity index (χ2v) is 4.05. The van der Waals surface area contributed by atoms with Gasteiger partial charge in [0.05, 0.1) is 17.3 Å². The van der Waals surface area contributed by atoms with Crippen LogP contribution in [0, 0.1) is 17.1 Å². The van der Waals surface area contributed by atoms with Gasteiger partial charge in [-0.25, -0.2) is 9.18 Å². The molecule has 0 saturated carbocycles. The summed E-state index contributed by atoms with van der Waals surface area (Å²) in [6.45, 7) is 1.58. The smallest absolute Gasteiger partial charge is 0.323 e. The van der Waals surface area contributed by atoms with Gasteiger partial charge in [0.25, 0.3) is 0 Å². The summed E-state index contributed by atoms with van der Waals surface area (Å²) in [4.78, 5) is 23.6. The fraction of sp³-hybridized carbons (Fsp3) is 0.308. The number of carbonyl (C=O) groups excluding carboxylic acids is 1. The fourth-order valence-electron chi connectivity index (χ4n) is 1.57. The van der Waals surface area contributed by atoms with E-state index < -0.39 is 24.4 Å². The third-order valence-electron chi connectivity index (χ3n) is 2.45. The average molecular weight is 279 g/mol. The molecule has 1 aromatic carbocycles. The first kappa shape index (κ1) is 15.4. The minimum atomic E-state index is -1.14. The molecule has 0 unspecified atom stereocenters. The number of anilines is 1. The first-order chi connectivity index (χ1) is 9.47. The summed E-state index contributed by atoms with van der Waals surface area (Å²) in [5.74, 6) is -1.89. The molecule has 1 rings (SSSR count). The van der Waals surface area contributed by atoms with Crippen LogP contribution in [0.3, 0.4) is 0 Å². The molecule has 0 aliphatic heterocycles. The lowest BCUT2D eigenvalue weighted by atomic mass is 10.2. The fourth-order valence-corrected chi connectivity index (χ4v) is 1.57. The van der Waals surface area contributed by atoms with Crippen LogP contribution in [0.15, 0.2) is 18.2 Å². The Bertz CT molecular complexity index is 554. The predicted molar refractivity (Wildman–Crippen MR) is 69.6 cm³/mol. The van der Waals surface area contributed by atoms with Gasteiger partial charge in [0.1, 0.15) is 12.4 Å². The molecule has 0 atom stereocenters. The highest BCUT2D eigenvalue weighted by Gasteiger charge is 2.17. The first-order valence-corrected chi connectivity index (χ1v) is 5.95. The molecule has 0 fully saturated rings. The van der Waals surface area contributed by atoms with Crippen LogP contribution >= 0.6 is 0 Å². The van der Waals surface area contributed by atoms with Crippen LogP contribution in [-0.2, 0) is 4.79 Å². The van der Waals surface area contributed by atoms with Gasteiger partial charge in [0.15, 0.2) is 0 Å². The summed E-state index contributed by atoms with van der Waals surface area (Å²) in [5, 5.41) is 19.6. The van der Waals surface area contributed by atoms with E-state index in [4.69, 9.17) is 10.4 Å². The highest BCUT2D eigenvalue weighted by Crippen LogP contribution is 2.16. The van der Waals surface area contributed by atoms with Gasteiger partial charge in [-0.1, -0.05) is 6.92 Å². The van der Waals surface area contributed by atoms with E-state index in [-0.39, 0.29) is 17.8 Å². The van der Waals surface area contributed by atoms with Gasteiger partial charge < -0.3 is 15.3 Å². The largest absolute Gasteiger partial charge is 0.480 e. The van der Waals surface area contributed by atoms with Crippen molar-refractivity contribution in [3.63, 3.8) is 0 Å². The Balaban J connectivity index is 2.82. The zero-order valence-electron chi connectivity index (χ0n) is 10.9. The third kappa shape index (κ3) is 4.24. The molecular weight excluding hydrogens is 265 g/mol. The second-order valence-electron chi connectivity index (χ2n) is 4.05. The summed E-state index contributed by atoms with van der Waals surface area (Å²) in [5.41, 5.74) is 0.0388. The number of aliphatic carboxylic acids is 1. The number of rotatable bonds is 5. The van der Waals surface area contributed by atoms with Crippen molar-refractivity contribution in [3.8, 4) is 6.07 Å². The van der Waals surface area contributed by atoms with Crippen molar-refractivity contribution in [2.45, 2.75) is 13.3 Å². The molecule has 0 aliphatic carbocycles. The van der Waals surface area contributed by atoms with Crippen molar-refractivity contribution < 1.29 is 19.1 Å². The van der Waals surface area contributed by atoms with Gasteiger partial charge in [-0.15, -0.1) is 0 Å². The number of carboxylic acid groups (broad SMARTS) is 1. The zero-order valence-corrected chi connectivity index (χ0v) is 10.9. The van der Waals surface area contributed by atoms with E-state index in [1.165, 1.54) is 12.1 Å². The van der Waals surface area contributed by atoms with E-state index in [9.17, 15) is 14.0 Å². The number of hydrogen-bond donors (Lipinski definition) is 2. The summed E-state index contributed by atoms with van der Waals surface area (Å²) < 4.78 is 13.6. The van der Waals surface area contributed by atoms with E-state index in [2.05, 4.69) is 5.32 Å². The van der Waals surface area contributed by atoms with Crippen molar-refractivity contribution >= 4 is 17.7 Å². The molecule has 0 radical (unpaired) electrons. The SMILES string of the molecule is CCCN(CC(=O)O)C(=O)Nc1ccc(C#N)cc1F. The van der Waals surface area contributed by atoms with Gasteiger partial charge in [-0.2, -0.15) is 5.26 Å². The number of nitrogens with one attached hydrogen (secondary N) is 1. The molecule has 0 bridgehead atoms. The van der Waals surface area contributed by atoms with Crippen molar-refractivity contribution in [1.29, 1.82) is 5.26 Å². The molecule has 0 spiro atoms. The summed E-state index contributed by atoms with van der Waals surface area (Å²) in [6.07, 6.45) is 0.580. The number of carbonyl (C=O) groups is 2. The Morgan fingerprint density at radius 1 is 1.50 bits per heavy atom. The van der Waals surface area contributed by atoms with E-state index in [1.54, 1.807) is 13.0 Å². The van der Waals surface area contributed by atoms with Crippen LogP contribution in [-0.4, -0.2) is 35.1 Å². The maximum atomic E-state index is 13.6. The lowest BCUT2D eigenvalue weighted by Gasteiger charge is -2.20. The number of amides is 2. The Labute approximate surface area is 115 Å². The summed E-state index contributed by atoms with van der Waals surface area (Å²) in [7, 11) is 0. The summed E-state index contributed by atoms with van der Waals surface area (Å²) >= 11 is 0. The quantitative estimate of drug-likeness (QED) is 0.862. The molecular formula is C13H14FN3O3. The topological polar surface area (TPSA) is 93.4 Å². The lowest BCUT2D eigenvalue weighted by Crippen LogP contribution is -2.39. The number of halogens is 1. The molecule has 6 nitrogen and oxygen atoms in total. The zero-order chi connectivity index (χ0) is 15.1. The maximum absolute atomic E-state index is 13.6. The van der Waals surface area contributed by atoms with Crippen LogP contribution in [0.4, 0.5) is 14.9 Å². The molecule has 2 amide bonds. The Hall–Kier alpha value is -2.62. The predicted octanol–water partition coefficient (Wildman–Crippen LogP) is 2.03. The molecule has 0 saturated heterocycles. The van der Waals surface area contributed by atoms with Crippen molar-refractivity contribution in [2.75, 3.05) is 18.4 Å². The molecule has 1 aromatic rings. The average Bonchev–Trinajstić information content (AvgIpc) is 2.40. The number of nitrogens with zero attached hydrogens (tertiary/aromatic N) is 2. The van der Waals surface area contributed by atoms with Crippen LogP contribution in [0.25, 0.3) is 0 Å². The number of nitriles is 1. The Kier molecular flexibility index (Phi) is 5.47. The minimum Gasteiger partial charge on any atom is -0.480 e. The molecule has 20 heavy (non-hydrogen) atoms. The first-order valence-electron chi connectivity index (χ1n) is 5.95. The summed E-state index contributed by atoms with van der Waals surface area (Å²) in [6, 6.07) is 4.70. The maximum Gasteiger partial charge on any atom is 0.323 e. The van der Waals surface area contributed by atoms with Crippen molar-refractivity contribution in [1.82, 2.24) is 4.90 Å². The van der Waals surface area contributed by atoms with E-state index in [0.29, 0.717) is 6.42 Å². The molecule has 0 aliphatic rings. The van der Waals surface area contributed by atoms with Crippen LogP contribution in [0.1, 0.15) is 18.9 Å². The van der Waals surface area contributed by atoms with Crippen molar-refractivity contribution in [2.24, 2.45) is 0 Å². The van der Waals surface area contributed by atoms with Crippen LogP contribution in [0.2, 0.25) is 0 Å². The lowest BCUT2D eigenvalue weighted by molar-refractivity contribution is -0.137. The van der Waals surface area contributed by atoms with Crippen molar-refractivity contribution in [3.05, 3.63) is 29.6 Å². The molecule has 2 N–H and O–H groups in total. The van der Waals surface area contributed by atoms with E-state index in [0.717, 1.165) is 11.0 Å². The molecule has 0 aromatic heterocycles. The Morgan fingerprint density at radius 3 is 2.70 bits per heavy atom. The third-order valence-corrected chi connectivity index (χ3v) is 2.45. The van der Waals surface area contributed by atoms with Crippen LogP contribution < -0.4 is 5.32 Å². The molecule has 106 valence electrons. The van der Waals surface area contributed by atoms with Gasteiger partial charge in [-0.3, -0.25) is 4.79 Å². The standard InChI is InChI=1S/C13H14FN3O3/c1-2-5-17(8-12(18)19)13(20)16-11-4-3-9(7-15)6-10(11)14/h3-4,6H,2,5,8H2,1H3,(H,16,20)(H,18,19). The minimum absolute atomic E-state index is 0.0968. The van der Waals surface area contributed by atoms with Gasteiger partial charge >= 0.3 is 12.0 Å². The monoisotopic (exact) mass is 279 g/mol. The number of benzene rings is 1. The normalized spacial score (nSPS) is 9.65. The molecule has 7 heteroatoms. The molecule has 0 heterocycles. The number of hydrogen-bond acceptors (Lipinski definition) is 3. The van der Waals surface area contributed by atoms with E-state index >= 15 is 0 Å². The number of urea groups is 1. The highest BCUT2D eigenvalue weighted by molar-refractivity contribution is 5.91. The van der Waals surface area contributed by atoms with Gasteiger partial charge in [0.2, 0.25) is 0 Å².